The average molecular weight is 221 g/mol. The summed E-state index contributed by atoms with van der Waals surface area (Å²) < 4.78 is 7.60. The fourth-order valence-corrected chi connectivity index (χ4v) is 1.84. The summed E-state index contributed by atoms with van der Waals surface area (Å²) in [7, 11) is 1.93. The lowest BCUT2D eigenvalue weighted by Gasteiger charge is -2.22. The van der Waals surface area contributed by atoms with Crippen LogP contribution in [0.5, 0.6) is 0 Å². The summed E-state index contributed by atoms with van der Waals surface area (Å²) >= 11 is 0. The van der Waals surface area contributed by atoms with Crippen LogP contribution < -0.4 is 5.32 Å². The number of likely N-dealkylation sites (N-methyl/N-ethyl adjacent to an activating group) is 1. The summed E-state index contributed by atoms with van der Waals surface area (Å²) in [6.07, 6.45) is 11.7. The molecule has 0 amide bonds. The Morgan fingerprint density at radius 1 is 1.62 bits per heavy atom. The molecule has 0 unspecified atom stereocenters. The molecule has 1 fully saturated rings. The molecule has 0 spiro atoms. The van der Waals surface area contributed by atoms with Crippen molar-refractivity contribution in [3.05, 3.63) is 24.0 Å². The van der Waals surface area contributed by atoms with Gasteiger partial charge in [-0.05, 0) is 26.3 Å². The Bertz CT molecular complexity index is 340. The van der Waals surface area contributed by atoms with Crippen LogP contribution in [-0.4, -0.2) is 30.0 Å². The highest BCUT2D eigenvalue weighted by atomic mass is 16.5. The van der Waals surface area contributed by atoms with Gasteiger partial charge in [-0.25, -0.2) is 4.68 Å². The second-order valence-electron chi connectivity index (χ2n) is 4.03. The molecule has 16 heavy (non-hydrogen) atoms. The van der Waals surface area contributed by atoms with E-state index in [4.69, 9.17) is 4.74 Å². The summed E-state index contributed by atoms with van der Waals surface area (Å²) in [6, 6.07) is 0. The molecule has 1 aliphatic rings. The Morgan fingerprint density at radius 2 is 2.56 bits per heavy atom. The molecule has 2 heterocycles. The van der Waals surface area contributed by atoms with E-state index in [1.54, 1.807) is 0 Å². The van der Waals surface area contributed by atoms with Gasteiger partial charge in [0.25, 0.3) is 0 Å². The largest absolute Gasteiger partial charge is 0.357 e. The van der Waals surface area contributed by atoms with Gasteiger partial charge in [0, 0.05) is 24.9 Å². The van der Waals surface area contributed by atoms with E-state index in [1.807, 2.05) is 24.1 Å². The SMILES string of the molecule is CNCC=Cc1cnn([C@@H]2CCCCO2)c1. The van der Waals surface area contributed by atoms with Crippen molar-refractivity contribution in [2.75, 3.05) is 20.2 Å². The molecule has 4 heteroatoms. The summed E-state index contributed by atoms with van der Waals surface area (Å²) in [5, 5.41) is 7.41. The van der Waals surface area contributed by atoms with Crippen molar-refractivity contribution in [2.24, 2.45) is 0 Å². The number of hydrogen-bond donors (Lipinski definition) is 1. The van der Waals surface area contributed by atoms with Crippen LogP contribution in [0.15, 0.2) is 18.5 Å². The number of aromatic nitrogens is 2. The van der Waals surface area contributed by atoms with Gasteiger partial charge in [0.05, 0.1) is 6.20 Å². The Kier molecular flexibility index (Phi) is 4.13. The Hall–Kier alpha value is -1.13. The molecule has 1 aromatic heterocycles. The van der Waals surface area contributed by atoms with Crippen LogP contribution in [0.1, 0.15) is 31.1 Å². The molecule has 4 nitrogen and oxygen atoms in total. The lowest BCUT2D eigenvalue weighted by Crippen LogP contribution is -2.18. The fraction of sp³-hybridized carbons (Fsp3) is 0.583. The van der Waals surface area contributed by atoms with Gasteiger partial charge >= 0.3 is 0 Å². The molecule has 1 atom stereocenters. The van der Waals surface area contributed by atoms with Crippen LogP contribution in [0, 0.1) is 0 Å². The van der Waals surface area contributed by atoms with Crippen molar-refractivity contribution in [1.82, 2.24) is 15.1 Å². The maximum Gasteiger partial charge on any atom is 0.150 e. The molecule has 1 N–H and O–H groups in total. The van der Waals surface area contributed by atoms with E-state index in [0.717, 1.165) is 25.1 Å². The number of hydrogen-bond acceptors (Lipinski definition) is 3. The van der Waals surface area contributed by atoms with Crippen molar-refractivity contribution in [1.29, 1.82) is 0 Å². The minimum atomic E-state index is 0.139. The van der Waals surface area contributed by atoms with E-state index in [2.05, 4.69) is 22.6 Å². The minimum absolute atomic E-state index is 0.139. The van der Waals surface area contributed by atoms with Gasteiger partial charge in [-0.2, -0.15) is 5.10 Å². The van der Waals surface area contributed by atoms with Crippen LogP contribution in [0.25, 0.3) is 6.08 Å². The van der Waals surface area contributed by atoms with Crippen molar-refractivity contribution in [3.8, 4) is 0 Å². The Balaban J connectivity index is 1.95. The van der Waals surface area contributed by atoms with Gasteiger partial charge < -0.3 is 10.1 Å². The third-order valence-electron chi connectivity index (χ3n) is 2.70. The molecule has 0 bridgehead atoms. The summed E-state index contributed by atoms with van der Waals surface area (Å²) in [4.78, 5) is 0. The monoisotopic (exact) mass is 221 g/mol. The average Bonchev–Trinajstić information content (AvgIpc) is 2.79. The number of nitrogens with one attached hydrogen (secondary N) is 1. The van der Waals surface area contributed by atoms with E-state index < -0.39 is 0 Å². The van der Waals surface area contributed by atoms with Crippen LogP contribution in [0.4, 0.5) is 0 Å². The first-order chi connectivity index (χ1) is 7.90. The standard InChI is InChI=1S/C12H19N3O/c1-13-7-4-5-11-9-14-15(10-11)12-6-2-3-8-16-12/h4-5,9-10,12-13H,2-3,6-8H2,1H3/t12-/m0/s1. The molecule has 1 aromatic rings. The zero-order valence-corrected chi connectivity index (χ0v) is 9.72. The molecular weight excluding hydrogens is 202 g/mol. The van der Waals surface area contributed by atoms with Gasteiger partial charge in [-0.1, -0.05) is 12.2 Å². The second kappa shape index (κ2) is 5.82. The summed E-state index contributed by atoms with van der Waals surface area (Å²) in [6.45, 7) is 1.74. The topological polar surface area (TPSA) is 39.1 Å². The highest BCUT2D eigenvalue weighted by Gasteiger charge is 2.15. The number of ether oxygens (including phenoxy) is 1. The van der Waals surface area contributed by atoms with E-state index in [9.17, 15) is 0 Å². The quantitative estimate of drug-likeness (QED) is 0.843. The normalized spacial score (nSPS) is 21.7. The minimum Gasteiger partial charge on any atom is -0.357 e. The van der Waals surface area contributed by atoms with Crippen LogP contribution in [-0.2, 0) is 4.74 Å². The van der Waals surface area contributed by atoms with E-state index in [-0.39, 0.29) is 6.23 Å². The van der Waals surface area contributed by atoms with Crippen LogP contribution >= 0.6 is 0 Å². The highest BCUT2D eigenvalue weighted by Crippen LogP contribution is 2.21. The lowest BCUT2D eigenvalue weighted by atomic mass is 10.2. The predicted molar refractivity (Wildman–Crippen MR) is 64.0 cm³/mol. The smallest absolute Gasteiger partial charge is 0.150 e. The van der Waals surface area contributed by atoms with Crippen molar-refractivity contribution >= 4 is 6.08 Å². The molecule has 0 radical (unpaired) electrons. The van der Waals surface area contributed by atoms with Crippen LogP contribution in [0.3, 0.4) is 0 Å². The third-order valence-corrected chi connectivity index (χ3v) is 2.70. The summed E-state index contributed by atoms with van der Waals surface area (Å²) in [5.41, 5.74) is 1.13. The fourth-order valence-electron chi connectivity index (χ4n) is 1.84. The summed E-state index contributed by atoms with van der Waals surface area (Å²) in [5.74, 6) is 0. The molecular formula is C12H19N3O. The predicted octanol–water partition coefficient (Wildman–Crippen LogP) is 1.81. The van der Waals surface area contributed by atoms with Gasteiger partial charge in [0.1, 0.15) is 6.23 Å². The van der Waals surface area contributed by atoms with Crippen molar-refractivity contribution < 1.29 is 4.74 Å². The molecule has 2 rings (SSSR count). The van der Waals surface area contributed by atoms with Gasteiger partial charge in [0.15, 0.2) is 0 Å². The van der Waals surface area contributed by atoms with E-state index in [1.165, 1.54) is 12.8 Å². The second-order valence-corrected chi connectivity index (χ2v) is 4.03. The first-order valence-electron chi connectivity index (χ1n) is 5.87. The van der Waals surface area contributed by atoms with Gasteiger partial charge in [-0.15, -0.1) is 0 Å². The Morgan fingerprint density at radius 3 is 3.31 bits per heavy atom. The number of rotatable bonds is 4. The maximum atomic E-state index is 5.67. The molecule has 1 saturated heterocycles. The Labute approximate surface area is 96.3 Å². The highest BCUT2D eigenvalue weighted by molar-refractivity contribution is 5.46. The lowest BCUT2D eigenvalue weighted by molar-refractivity contribution is -0.0394. The van der Waals surface area contributed by atoms with E-state index >= 15 is 0 Å². The molecule has 0 aromatic carbocycles. The van der Waals surface area contributed by atoms with Gasteiger partial charge in [0.2, 0.25) is 0 Å². The zero-order valence-electron chi connectivity index (χ0n) is 9.72. The van der Waals surface area contributed by atoms with Gasteiger partial charge in [-0.3, -0.25) is 0 Å². The van der Waals surface area contributed by atoms with Crippen molar-refractivity contribution in [3.63, 3.8) is 0 Å². The third kappa shape index (κ3) is 2.93. The van der Waals surface area contributed by atoms with Crippen LogP contribution in [0.2, 0.25) is 0 Å². The molecule has 0 saturated carbocycles. The molecule has 0 aliphatic carbocycles. The first kappa shape index (κ1) is 11.4. The van der Waals surface area contributed by atoms with Crippen molar-refractivity contribution in [2.45, 2.75) is 25.5 Å². The molecule has 88 valence electrons. The number of nitrogens with zero attached hydrogens (tertiary/aromatic N) is 2. The maximum absolute atomic E-state index is 5.67. The van der Waals surface area contributed by atoms with E-state index in [0.29, 0.717) is 0 Å². The molecule has 1 aliphatic heterocycles. The zero-order chi connectivity index (χ0) is 11.2. The first-order valence-corrected chi connectivity index (χ1v) is 5.87.